The van der Waals surface area contributed by atoms with Gasteiger partial charge in [0.2, 0.25) is 0 Å². The topological polar surface area (TPSA) is 161 Å². The molecule has 2 unspecified atom stereocenters. The van der Waals surface area contributed by atoms with Crippen LogP contribution in [0.2, 0.25) is 0 Å². The molecule has 0 saturated carbocycles. The standard InChI is InChI=1S/C22H30N3O9PS/c1-12(2)32-21(28)14(4)24-35(30,34-15-8-6-5-7-9-15)31-11-16-17(26)18(27)20(33-16)25-10-13(3)19(36)23-22(25)29/h5-10,12,14,16-18,20,26-27H,11H2,1-4H3,(H,24,30)(H,23,29,36)/t14-,16-,17?,18+,20-,35?/m0/s1. The molecule has 1 fully saturated rings. The van der Waals surface area contributed by atoms with Crippen LogP contribution >= 0.6 is 20.0 Å². The van der Waals surface area contributed by atoms with Gasteiger partial charge in [0.05, 0.1) is 12.7 Å². The Morgan fingerprint density at radius 2 is 1.92 bits per heavy atom. The fraction of sp³-hybridized carbons (Fsp3) is 0.500. The smallest absolute Gasteiger partial charge is 0.459 e. The van der Waals surface area contributed by atoms with Crippen molar-refractivity contribution in [2.24, 2.45) is 0 Å². The number of para-hydroxylation sites is 1. The minimum Gasteiger partial charge on any atom is -0.462 e. The third-order valence-corrected chi connectivity index (χ3v) is 7.26. The molecule has 1 aliphatic heterocycles. The second-order valence-electron chi connectivity index (χ2n) is 8.56. The summed E-state index contributed by atoms with van der Waals surface area (Å²) in [6.07, 6.45) is -4.42. The minimum absolute atomic E-state index is 0.199. The number of nitrogens with one attached hydrogen (secondary N) is 2. The number of ether oxygens (including phenoxy) is 2. The van der Waals surface area contributed by atoms with Crippen molar-refractivity contribution in [3.05, 3.63) is 57.2 Å². The lowest BCUT2D eigenvalue weighted by Crippen LogP contribution is -2.38. The molecule has 4 N–H and O–H groups in total. The number of carbonyl (C=O) groups excluding carboxylic acids is 1. The molecule has 36 heavy (non-hydrogen) atoms. The SMILES string of the molecule is Cc1cn([C@H]2O[C@@H](COP(=O)(N[C@@H](C)C(=O)OC(C)C)Oc3ccccc3)C(O)[C@H]2O)c(=O)[nH]c1=S. The molecule has 0 aliphatic carbocycles. The monoisotopic (exact) mass is 543 g/mol. The van der Waals surface area contributed by atoms with Gasteiger partial charge in [0.15, 0.2) is 6.23 Å². The van der Waals surface area contributed by atoms with Crippen molar-refractivity contribution in [1.82, 2.24) is 14.6 Å². The van der Waals surface area contributed by atoms with Crippen molar-refractivity contribution in [1.29, 1.82) is 0 Å². The summed E-state index contributed by atoms with van der Waals surface area (Å²) in [4.78, 5) is 27.1. The van der Waals surface area contributed by atoms with E-state index in [1.165, 1.54) is 13.1 Å². The number of nitrogens with zero attached hydrogens (tertiary/aromatic N) is 1. The maximum absolute atomic E-state index is 13.6. The first kappa shape index (κ1) is 28.2. The predicted molar refractivity (Wildman–Crippen MR) is 131 cm³/mol. The number of aromatic nitrogens is 2. The zero-order valence-electron chi connectivity index (χ0n) is 20.2. The summed E-state index contributed by atoms with van der Waals surface area (Å²) in [5.41, 5.74) is -0.0810. The molecule has 12 nitrogen and oxygen atoms in total. The van der Waals surface area contributed by atoms with Crippen molar-refractivity contribution in [2.45, 2.75) is 64.4 Å². The molecule has 1 aliphatic rings. The minimum atomic E-state index is -4.22. The molecule has 0 bridgehead atoms. The number of aliphatic hydroxyl groups is 2. The second kappa shape index (κ2) is 11.8. The molecular weight excluding hydrogens is 513 g/mol. The van der Waals surface area contributed by atoms with Gasteiger partial charge in [-0.1, -0.05) is 30.4 Å². The number of hydrogen-bond acceptors (Lipinski definition) is 10. The molecule has 1 aromatic carbocycles. The van der Waals surface area contributed by atoms with Crippen molar-refractivity contribution in [3.8, 4) is 5.75 Å². The normalized spacial score (nSPS) is 24.3. The number of benzene rings is 1. The number of H-pyrrole nitrogens is 1. The van der Waals surface area contributed by atoms with Gasteiger partial charge in [-0.2, -0.15) is 5.09 Å². The van der Waals surface area contributed by atoms with E-state index < -0.39 is 62.7 Å². The summed E-state index contributed by atoms with van der Waals surface area (Å²) in [6.45, 7) is 5.95. The molecule has 2 heterocycles. The molecule has 1 saturated heterocycles. The summed E-state index contributed by atoms with van der Waals surface area (Å²) in [5, 5.41) is 23.6. The van der Waals surface area contributed by atoms with Crippen molar-refractivity contribution in [2.75, 3.05) is 6.61 Å². The Kier molecular flexibility index (Phi) is 9.23. The van der Waals surface area contributed by atoms with Crippen molar-refractivity contribution >= 4 is 25.9 Å². The quantitative estimate of drug-likeness (QED) is 0.197. The lowest BCUT2D eigenvalue weighted by molar-refractivity contribution is -0.149. The Balaban J connectivity index is 1.77. The van der Waals surface area contributed by atoms with Gasteiger partial charge < -0.3 is 24.2 Å². The number of aryl methyl sites for hydroxylation is 1. The van der Waals surface area contributed by atoms with E-state index in [2.05, 4.69) is 10.1 Å². The van der Waals surface area contributed by atoms with Gasteiger partial charge in [-0.05, 0) is 39.8 Å². The Labute approximate surface area is 212 Å². The van der Waals surface area contributed by atoms with Crippen molar-refractivity contribution < 1.29 is 38.1 Å². The van der Waals surface area contributed by atoms with Crippen LogP contribution in [-0.2, 0) is 23.4 Å². The zero-order valence-corrected chi connectivity index (χ0v) is 21.9. The summed E-state index contributed by atoms with van der Waals surface area (Å²) in [5.74, 6) is -0.473. The van der Waals surface area contributed by atoms with Crippen LogP contribution in [0.3, 0.4) is 0 Å². The maximum atomic E-state index is 13.6. The van der Waals surface area contributed by atoms with Crippen molar-refractivity contribution in [3.63, 3.8) is 0 Å². The lowest BCUT2D eigenvalue weighted by Gasteiger charge is -2.25. The van der Waals surface area contributed by atoms with Gasteiger partial charge in [0, 0.05) is 11.8 Å². The molecule has 198 valence electrons. The van der Waals surface area contributed by atoms with E-state index >= 15 is 0 Å². The van der Waals surface area contributed by atoms with Gasteiger partial charge in [-0.3, -0.25) is 18.9 Å². The molecule has 6 atom stereocenters. The average Bonchev–Trinajstić information content (AvgIpc) is 3.08. The number of carbonyl (C=O) groups is 1. The molecule has 2 aromatic rings. The molecular formula is C22H30N3O9PS. The van der Waals surface area contributed by atoms with E-state index in [1.54, 1.807) is 51.1 Å². The highest BCUT2D eigenvalue weighted by molar-refractivity contribution is 7.71. The summed E-state index contributed by atoms with van der Waals surface area (Å²) < 4.78 is 36.8. The highest BCUT2D eigenvalue weighted by Crippen LogP contribution is 2.46. The number of hydrogen-bond donors (Lipinski definition) is 4. The first-order valence-corrected chi connectivity index (χ1v) is 13.2. The van der Waals surface area contributed by atoms with Crippen LogP contribution in [0.5, 0.6) is 5.75 Å². The summed E-state index contributed by atoms with van der Waals surface area (Å²) >= 11 is 5.04. The van der Waals surface area contributed by atoms with E-state index in [4.69, 9.17) is 30.7 Å². The van der Waals surface area contributed by atoms with Crippen LogP contribution in [0.4, 0.5) is 0 Å². The van der Waals surface area contributed by atoms with E-state index in [0.29, 0.717) is 5.56 Å². The van der Waals surface area contributed by atoms with Crippen LogP contribution in [0.25, 0.3) is 0 Å². The van der Waals surface area contributed by atoms with Crippen LogP contribution < -0.4 is 15.3 Å². The second-order valence-corrected chi connectivity index (χ2v) is 10.7. The fourth-order valence-electron chi connectivity index (χ4n) is 3.38. The molecule has 14 heteroatoms. The number of rotatable bonds is 10. The zero-order chi connectivity index (χ0) is 26.6. The molecule has 0 radical (unpaired) electrons. The Hall–Kier alpha value is -2.38. The van der Waals surface area contributed by atoms with Gasteiger partial charge in [-0.15, -0.1) is 0 Å². The first-order valence-electron chi connectivity index (χ1n) is 11.2. The average molecular weight is 544 g/mol. The fourth-order valence-corrected chi connectivity index (χ4v) is 5.02. The Bertz CT molecular complexity index is 1220. The summed E-state index contributed by atoms with van der Waals surface area (Å²) in [7, 11) is -4.22. The van der Waals surface area contributed by atoms with Gasteiger partial charge >= 0.3 is 19.4 Å². The van der Waals surface area contributed by atoms with Gasteiger partial charge in [-0.25, -0.2) is 9.36 Å². The first-order chi connectivity index (χ1) is 16.9. The van der Waals surface area contributed by atoms with Crippen LogP contribution in [-0.4, -0.2) is 62.8 Å². The maximum Gasteiger partial charge on any atom is 0.459 e. The molecule has 3 rings (SSSR count). The largest absolute Gasteiger partial charge is 0.462 e. The number of esters is 1. The van der Waals surface area contributed by atoms with Gasteiger partial charge in [0.25, 0.3) is 0 Å². The van der Waals surface area contributed by atoms with Crippen LogP contribution in [0.15, 0.2) is 41.3 Å². The predicted octanol–water partition coefficient (Wildman–Crippen LogP) is 1.97. The Morgan fingerprint density at radius 3 is 2.56 bits per heavy atom. The number of aliphatic hydroxyl groups excluding tert-OH is 2. The molecule has 1 aromatic heterocycles. The van der Waals surface area contributed by atoms with E-state index in [-0.39, 0.29) is 10.4 Å². The highest BCUT2D eigenvalue weighted by atomic mass is 32.1. The molecule has 0 spiro atoms. The lowest BCUT2D eigenvalue weighted by atomic mass is 10.1. The van der Waals surface area contributed by atoms with Crippen LogP contribution in [0, 0.1) is 11.6 Å². The van der Waals surface area contributed by atoms with Gasteiger partial charge in [0.1, 0.15) is 34.7 Å². The van der Waals surface area contributed by atoms with Crippen LogP contribution in [0.1, 0.15) is 32.6 Å². The third-order valence-electron chi connectivity index (χ3n) is 5.19. The highest BCUT2D eigenvalue weighted by Gasteiger charge is 2.46. The number of aromatic amines is 1. The van der Waals surface area contributed by atoms with E-state index in [1.807, 2.05) is 0 Å². The van der Waals surface area contributed by atoms with E-state index in [0.717, 1.165) is 4.57 Å². The van der Waals surface area contributed by atoms with E-state index in [9.17, 15) is 24.4 Å². The Morgan fingerprint density at radius 1 is 1.25 bits per heavy atom. The summed E-state index contributed by atoms with van der Waals surface area (Å²) in [6, 6.07) is 7.08. The third kappa shape index (κ3) is 6.88. The molecule has 0 amide bonds.